The summed E-state index contributed by atoms with van der Waals surface area (Å²) in [6, 6.07) is 4.14. The van der Waals surface area contributed by atoms with E-state index in [-0.39, 0.29) is 11.3 Å². The summed E-state index contributed by atoms with van der Waals surface area (Å²) in [5.41, 5.74) is 0.0198. The van der Waals surface area contributed by atoms with Crippen LogP contribution in [0.5, 0.6) is 0 Å². The van der Waals surface area contributed by atoms with Crippen LogP contribution in [0.2, 0.25) is 0 Å². The van der Waals surface area contributed by atoms with Crippen molar-refractivity contribution < 1.29 is 4.79 Å². The molecule has 0 atom stereocenters. The van der Waals surface area contributed by atoms with Crippen molar-refractivity contribution in [2.24, 2.45) is 0 Å². The molecule has 78 valence electrons. The van der Waals surface area contributed by atoms with Crippen LogP contribution >= 0.6 is 27.3 Å². The summed E-state index contributed by atoms with van der Waals surface area (Å²) in [7, 11) is 0. The molecule has 0 radical (unpaired) electrons. The van der Waals surface area contributed by atoms with Crippen LogP contribution in [0.15, 0.2) is 17.5 Å². The van der Waals surface area contributed by atoms with E-state index in [4.69, 9.17) is 0 Å². The first-order chi connectivity index (χ1) is 6.56. The van der Waals surface area contributed by atoms with Crippen LogP contribution in [0.25, 0.3) is 0 Å². The maximum Gasteiger partial charge on any atom is 0.230 e. The summed E-state index contributed by atoms with van der Waals surface area (Å²) >= 11 is 4.85. The van der Waals surface area contributed by atoms with E-state index in [2.05, 4.69) is 46.5 Å². The van der Waals surface area contributed by atoms with E-state index in [9.17, 15) is 4.79 Å². The molecule has 0 bridgehead atoms. The van der Waals surface area contributed by atoms with Crippen molar-refractivity contribution in [3.63, 3.8) is 0 Å². The summed E-state index contributed by atoms with van der Waals surface area (Å²) in [6.45, 7) is 4.94. The van der Waals surface area contributed by atoms with Crippen LogP contribution in [0.3, 0.4) is 0 Å². The summed E-state index contributed by atoms with van der Waals surface area (Å²) in [5, 5.41) is 5.31. The first-order valence-electron chi connectivity index (χ1n) is 4.43. The van der Waals surface area contributed by atoms with Gasteiger partial charge in [-0.05, 0) is 11.4 Å². The molecule has 0 spiro atoms. The second-order valence-electron chi connectivity index (χ2n) is 3.77. The Morgan fingerprint density at radius 3 is 2.86 bits per heavy atom. The second-order valence-corrected chi connectivity index (χ2v) is 5.28. The Morgan fingerprint density at radius 1 is 1.64 bits per heavy atom. The number of hydrogen-bond acceptors (Lipinski definition) is 2. The molecule has 0 saturated carbocycles. The minimum absolute atomic E-state index is 0.0198. The highest BCUT2D eigenvalue weighted by Gasteiger charge is 2.21. The normalized spacial score (nSPS) is 11.4. The number of halogens is 1. The minimum atomic E-state index is 0.0198. The minimum Gasteiger partial charge on any atom is -0.354 e. The van der Waals surface area contributed by atoms with Crippen LogP contribution in [-0.4, -0.2) is 17.8 Å². The lowest BCUT2D eigenvalue weighted by molar-refractivity contribution is -0.118. The number of alkyl halides is 1. The predicted octanol–water partition coefficient (Wildman–Crippen LogP) is 2.54. The van der Waals surface area contributed by atoms with E-state index in [0.29, 0.717) is 11.9 Å². The van der Waals surface area contributed by atoms with E-state index in [1.807, 2.05) is 6.07 Å². The summed E-state index contributed by atoms with van der Waals surface area (Å²) in [4.78, 5) is 12.4. The van der Waals surface area contributed by atoms with Gasteiger partial charge in [-0.15, -0.1) is 11.3 Å². The second kappa shape index (κ2) is 4.94. The first kappa shape index (κ1) is 11.7. The number of nitrogens with one attached hydrogen (secondary N) is 1. The van der Waals surface area contributed by atoms with E-state index in [1.54, 1.807) is 11.3 Å². The summed E-state index contributed by atoms with van der Waals surface area (Å²) < 4.78 is 0. The van der Waals surface area contributed by atoms with Gasteiger partial charge in [0, 0.05) is 16.8 Å². The molecule has 0 saturated heterocycles. The Morgan fingerprint density at radius 2 is 2.36 bits per heavy atom. The van der Waals surface area contributed by atoms with Gasteiger partial charge in [0.1, 0.15) is 0 Å². The topological polar surface area (TPSA) is 29.1 Å². The third kappa shape index (κ3) is 3.10. The smallest absolute Gasteiger partial charge is 0.230 e. The largest absolute Gasteiger partial charge is 0.354 e. The van der Waals surface area contributed by atoms with Gasteiger partial charge >= 0.3 is 0 Å². The van der Waals surface area contributed by atoms with Crippen molar-refractivity contribution >= 4 is 33.2 Å². The first-order valence-corrected chi connectivity index (χ1v) is 6.43. The highest BCUT2D eigenvalue weighted by Crippen LogP contribution is 2.26. The Balaban J connectivity index is 2.54. The number of hydrogen-bond donors (Lipinski definition) is 1. The van der Waals surface area contributed by atoms with Gasteiger partial charge in [0.25, 0.3) is 0 Å². The maximum absolute atomic E-state index is 11.1. The average Bonchev–Trinajstić information content (AvgIpc) is 2.67. The Labute approximate surface area is 96.8 Å². The van der Waals surface area contributed by atoms with Crippen LogP contribution in [0, 0.1) is 0 Å². The highest BCUT2D eigenvalue weighted by atomic mass is 79.9. The van der Waals surface area contributed by atoms with Gasteiger partial charge in [0.05, 0.1) is 5.33 Å². The number of carbonyl (C=O) groups excluding carboxylic acids is 1. The maximum atomic E-state index is 11.1. The van der Waals surface area contributed by atoms with Crippen molar-refractivity contribution in [3.8, 4) is 0 Å². The molecule has 0 aliphatic heterocycles. The molecule has 0 unspecified atom stereocenters. The lowest BCUT2D eigenvalue weighted by atomic mass is 9.91. The molecule has 0 aliphatic carbocycles. The average molecular weight is 276 g/mol. The molecule has 1 aromatic heterocycles. The predicted molar refractivity (Wildman–Crippen MR) is 64.1 cm³/mol. The van der Waals surface area contributed by atoms with Gasteiger partial charge in [-0.1, -0.05) is 35.8 Å². The van der Waals surface area contributed by atoms with Gasteiger partial charge < -0.3 is 5.32 Å². The highest BCUT2D eigenvalue weighted by molar-refractivity contribution is 9.09. The molecule has 1 N–H and O–H groups in total. The fraction of sp³-hybridized carbons (Fsp3) is 0.500. The van der Waals surface area contributed by atoms with Gasteiger partial charge in [-0.3, -0.25) is 4.79 Å². The molecule has 0 aromatic carbocycles. The standard InChI is InChI=1S/C10H14BrNOS/c1-10(2,7-12-9(13)6-11)8-4-3-5-14-8/h3-5H,6-7H2,1-2H3,(H,12,13). The number of rotatable bonds is 4. The quantitative estimate of drug-likeness (QED) is 0.841. The van der Waals surface area contributed by atoms with Crippen molar-refractivity contribution in [1.29, 1.82) is 0 Å². The van der Waals surface area contributed by atoms with E-state index in [0.717, 1.165) is 0 Å². The molecule has 0 fully saturated rings. The van der Waals surface area contributed by atoms with Gasteiger partial charge in [-0.25, -0.2) is 0 Å². The molecule has 1 rings (SSSR count). The fourth-order valence-corrected chi connectivity index (χ4v) is 2.17. The lowest BCUT2D eigenvalue weighted by Gasteiger charge is -2.23. The molecule has 2 nitrogen and oxygen atoms in total. The molecule has 1 aromatic rings. The Bertz CT molecular complexity index is 295. The Hall–Kier alpha value is -0.350. The zero-order valence-corrected chi connectivity index (χ0v) is 10.7. The SMILES string of the molecule is CC(C)(CNC(=O)CBr)c1cccs1. The van der Waals surface area contributed by atoms with E-state index in [1.165, 1.54) is 4.88 Å². The third-order valence-electron chi connectivity index (χ3n) is 2.04. The van der Waals surface area contributed by atoms with Crippen LogP contribution in [-0.2, 0) is 10.2 Å². The molecule has 14 heavy (non-hydrogen) atoms. The van der Waals surface area contributed by atoms with E-state index >= 15 is 0 Å². The zero-order chi connectivity index (χ0) is 10.6. The van der Waals surface area contributed by atoms with E-state index < -0.39 is 0 Å². The fourth-order valence-electron chi connectivity index (χ4n) is 1.12. The summed E-state index contributed by atoms with van der Waals surface area (Å²) in [6.07, 6.45) is 0. The van der Waals surface area contributed by atoms with Crippen molar-refractivity contribution in [3.05, 3.63) is 22.4 Å². The number of carbonyl (C=O) groups is 1. The van der Waals surface area contributed by atoms with Crippen LogP contribution in [0.4, 0.5) is 0 Å². The van der Waals surface area contributed by atoms with Crippen molar-refractivity contribution in [2.45, 2.75) is 19.3 Å². The Kier molecular flexibility index (Phi) is 4.13. The molecular weight excluding hydrogens is 262 g/mol. The third-order valence-corrected chi connectivity index (χ3v) is 3.78. The van der Waals surface area contributed by atoms with Crippen molar-refractivity contribution in [1.82, 2.24) is 5.32 Å². The van der Waals surface area contributed by atoms with Crippen LogP contribution in [0.1, 0.15) is 18.7 Å². The lowest BCUT2D eigenvalue weighted by Crippen LogP contribution is -2.36. The van der Waals surface area contributed by atoms with Gasteiger partial charge in [0.15, 0.2) is 0 Å². The number of thiophene rings is 1. The van der Waals surface area contributed by atoms with Gasteiger partial charge in [-0.2, -0.15) is 0 Å². The molecule has 0 aliphatic rings. The molecular formula is C10H14BrNOS. The summed E-state index contributed by atoms with van der Waals surface area (Å²) in [5.74, 6) is 0.0367. The van der Waals surface area contributed by atoms with Crippen LogP contribution < -0.4 is 5.32 Å². The molecule has 1 amide bonds. The van der Waals surface area contributed by atoms with Crippen molar-refractivity contribution in [2.75, 3.05) is 11.9 Å². The monoisotopic (exact) mass is 275 g/mol. The number of amides is 1. The van der Waals surface area contributed by atoms with Gasteiger partial charge in [0.2, 0.25) is 5.91 Å². The molecule has 1 heterocycles. The zero-order valence-electron chi connectivity index (χ0n) is 8.34. The molecule has 4 heteroatoms.